The van der Waals surface area contributed by atoms with Gasteiger partial charge in [0.05, 0.1) is 11.0 Å². The minimum absolute atomic E-state index is 1.24. The molecule has 0 aliphatic heterocycles. The molecule has 6 heteroatoms. The molecule has 6 aromatic heterocycles. The van der Waals surface area contributed by atoms with Crippen LogP contribution in [0.5, 0.6) is 0 Å². The number of fused-ring (bicyclic) bond motifs is 10. The fraction of sp³-hybridized carbons (Fsp3) is 0.0417. The molecular weight excluding hydrogens is 733 g/mol. The summed E-state index contributed by atoms with van der Waals surface area (Å²) in [6.45, 7) is 0. The number of benzene rings is 5. The number of nitrogens with zero attached hydrogens (tertiary/aromatic N) is 2. The standard InChI is InChI=1S/C48H32N2S4/c1-49-41-27-38-40-26-30(16-18-32-20-22-46(54-32)44-14-8-24-52-44)34-10-4-6-12-36(34)48(40)50(2)42(38)28-37(41)39-25-29(33-9-3-5-11-35(33)47(39)49)15-17-31-19-21-45(53-31)43-13-7-23-51-43/h3-28H,1-2H3/b17-15+,18-16+. The lowest BCUT2D eigenvalue weighted by Gasteiger charge is -2.07. The van der Waals surface area contributed by atoms with Gasteiger partial charge in [0.15, 0.2) is 0 Å². The van der Waals surface area contributed by atoms with E-state index < -0.39 is 0 Å². The average Bonchev–Trinajstić information content (AvgIpc) is 4.07. The van der Waals surface area contributed by atoms with E-state index in [1.54, 1.807) is 22.7 Å². The summed E-state index contributed by atoms with van der Waals surface area (Å²) in [5.41, 5.74) is 7.54. The Morgan fingerprint density at radius 1 is 0.389 bits per heavy atom. The van der Waals surface area contributed by atoms with E-state index >= 15 is 0 Å². The zero-order chi connectivity index (χ0) is 35.9. The molecule has 258 valence electrons. The van der Waals surface area contributed by atoms with Crippen LogP contribution in [-0.4, -0.2) is 9.13 Å². The molecule has 0 radical (unpaired) electrons. The van der Waals surface area contributed by atoms with Crippen molar-refractivity contribution in [2.75, 3.05) is 0 Å². The van der Waals surface area contributed by atoms with E-state index in [0.717, 1.165) is 0 Å². The summed E-state index contributed by atoms with van der Waals surface area (Å²) >= 11 is 7.29. The lowest BCUT2D eigenvalue weighted by atomic mass is 9.98. The topological polar surface area (TPSA) is 9.86 Å². The highest BCUT2D eigenvalue weighted by molar-refractivity contribution is 7.22. The zero-order valence-electron chi connectivity index (χ0n) is 29.5. The van der Waals surface area contributed by atoms with E-state index in [2.05, 4.69) is 180 Å². The summed E-state index contributed by atoms with van der Waals surface area (Å²) in [5, 5.41) is 14.5. The Labute approximate surface area is 328 Å². The molecule has 2 nitrogen and oxygen atoms in total. The Hall–Kier alpha value is -5.50. The Bertz CT molecular complexity index is 3060. The van der Waals surface area contributed by atoms with E-state index in [-0.39, 0.29) is 0 Å². The second-order valence-corrected chi connectivity index (χ2v) is 18.0. The monoisotopic (exact) mass is 764 g/mol. The molecule has 0 spiro atoms. The number of aryl methyl sites for hydroxylation is 2. The fourth-order valence-corrected chi connectivity index (χ4v) is 11.8. The van der Waals surface area contributed by atoms with Crippen LogP contribution >= 0.6 is 45.3 Å². The zero-order valence-corrected chi connectivity index (χ0v) is 32.8. The molecule has 6 heterocycles. The number of hydrogen-bond acceptors (Lipinski definition) is 4. The summed E-state index contributed by atoms with van der Waals surface area (Å²) in [4.78, 5) is 7.81. The maximum Gasteiger partial charge on any atom is 0.0568 e. The molecule has 0 atom stereocenters. The van der Waals surface area contributed by atoms with Crippen molar-refractivity contribution in [1.82, 2.24) is 9.13 Å². The van der Waals surface area contributed by atoms with Crippen LogP contribution in [-0.2, 0) is 14.1 Å². The maximum absolute atomic E-state index is 2.43. The van der Waals surface area contributed by atoms with E-state index in [1.807, 2.05) is 22.7 Å². The number of hydrogen-bond donors (Lipinski definition) is 0. The number of thiophene rings is 4. The van der Waals surface area contributed by atoms with Crippen molar-refractivity contribution < 1.29 is 0 Å². The second-order valence-electron chi connectivity index (χ2n) is 13.8. The van der Waals surface area contributed by atoms with Crippen molar-refractivity contribution in [1.29, 1.82) is 0 Å². The predicted octanol–water partition coefficient (Wildman–Crippen LogP) is 15.2. The van der Waals surface area contributed by atoms with Gasteiger partial charge < -0.3 is 9.13 Å². The van der Waals surface area contributed by atoms with Crippen molar-refractivity contribution in [3.05, 3.63) is 153 Å². The summed E-state index contributed by atoms with van der Waals surface area (Å²) < 4.78 is 4.82. The Morgan fingerprint density at radius 2 is 0.833 bits per heavy atom. The Morgan fingerprint density at radius 3 is 1.26 bits per heavy atom. The second kappa shape index (κ2) is 12.5. The van der Waals surface area contributed by atoms with Crippen molar-refractivity contribution in [3.63, 3.8) is 0 Å². The van der Waals surface area contributed by atoms with Gasteiger partial charge in [-0.25, -0.2) is 0 Å². The van der Waals surface area contributed by atoms with Gasteiger partial charge >= 0.3 is 0 Å². The molecule has 0 aliphatic carbocycles. The molecule has 11 aromatic rings. The molecule has 0 saturated carbocycles. The van der Waals surface area contributed by atoms with Crippen LogP contribution in [0.4, 0.5) is 0 Å². The molecule has 0 unspecified atom stereocenters. The molecular formula is C48H32N2S4. The quantitative estimate of drug-likeness (QED) is 0.160. The van der Waals surface area contributed by atoms with Crippen LogP contribution in [0.25, 0.3) is 109 Å². The SMILES string of the molecule is Cn1c2cc3c4cc(/C=C/c5ccc(-c6cccs6)s5)c5ccccc5c4n(C)c3cc2c2cc(/C=C/c3ccc(-c4cccs4)s3)c3ccccc3c21. The molecule has 5 aromatic carbocycles. The van der Waals surface area contributed by atoms with Gasteiger partial charge in [0.1, 0.15) is 0 Å². The summed E-state index contributed by atoms with van der Waals surface area (Å²) in [7, 11) is 4.47. The lowest BCUT2D eigenvalue weighted by molar-refractivity contribution is 1.01. The van der Waals surface area contributed by atoms with Crippen LogP contribution in [0.2, 0.25) is 0 Å². The highest BCUT2D eigenvalue weighted by atomic mass is 32.1. The van der Waals surface area contributed by atoms with Gasteiger partial charge in [0.2, 0.25) is 0 Å². The molecule has 0 bridgehead atoms. The highest BCUT2D eigenvalue weighted by Crippen LogP contribution is 2.43. The van der Waals surface area contributed by atoms with E-state index in [9.17, 15) is 0 Å². The maximum atomic E-state index is 2.43. The van der Waals surface area contributed by atoms with Crippen LogP contribution in [0.3, 0.4) is 0 Å². The normalized spacial score (nSPS) is 12.5. The summed E-state index contributed by atoms with van der Waals surface area (Å²) in [5.74, 6) is 0. The van der Waals surface area contributed by atoms with Crippen LogP contribution in [0.15, 0.2) is 132 Å². The van der Waals surface area contributed by atoms with Gasteiger partial charge in [0.25, 0.3) is 0 Å². The molecule has 0 saturated heterocycles. The predicted molar refractivity (Wildman–Crippen MR) is 243 cm³/mol. The van der Waals surface area contributed by atoms with E-state index in [0.29, 0.717) is 0 Å². The highest BCUT2D eigenvalue weighted by Gasteiger charge is 2.19. The minimum Gasteiger partial charge on any atom is -0.343 e. The van der Waals surface area contributed by atoms with Gasteiger partial charge in [-0.3, -0.25) is 0 Å². The Balaban J connectivity index is 1.08. The van der Waals surface area contributed by atoms with Crippen LogP contribution in [0, 0.1) is 0 Å². The van der Waals surface area contributed by atoms with Crippen molar-refractivity contribution in [3.8, 4) is 19.5 Å². The fourth-order valence-electron chi connectivity index (χ4n) is 8.32. The first-order chi connectivity index (χ1) is 26.6. The first-order valence-corrected chi connectivity index (χ1v) is 21.4. The summed E-state index contributed by atoms with van der Waals surface area (Å²) in [6.07, 6.45) is 9.17. The van der Waals surface area contributed by atoms with E-state index in [4.69, 9.17) is 0 Å². The third kappa shape index (κ3) is 5.02. The lowest BCUT2D eigenvalue weighted by Crippen LogP contribution is -1.89. The Kier molecular flexibility index (Phi) is 7.43. The third-order valence-electron chi connectivity index (χ3n) is 10.8. The number of aromatic nitrogens is 2. The summed E-state index contributed by atoms with van der Waals surface area (Å²) in [6, 6.07) is 45.0. The van der Waals surface area contributed by atoms with Gasteiger partial charge in [-0.15, -0.1) is 45.3 Å². The van der Waals surface area contributed by atoms with Gasteiger partial charge in [-0.1, -0.05) is 72.8 Å². The largest absolute Gasteiger partial charge is 0.343 e. The minimum atomic E-state index is 1.24. The molecule has 0 amide bonds. The van der Waals surface area contributed by atoms with Crippen molar-refractivity contribution in [2.45, 2.75) is 0 Å². The third-order valence-corrected chi connectivity index (χ3v) is 15.1. The van der Waals surface area contributed by atoms with Crippen LogP contribution in [0.1, 0.15) is 20.9 Å². The average molecular weight is 765 g/mol. The molecule has 11 rings (SSSR count). The van der Waals surface area contributed by atoms with Gasteiger partial charge in [0, 0.05) is 86.7 Å². The first kappa shape index (κ1) is 32.0. The van der Waals surface area contributed by atoms with Crippen LogP contribution < -0.4 is 0 Å². The van der Waals surface area contributed by atoms with E-state index in [1.165, 1.54) is 106 Å². The first-order valence-electron chi connectivity index (χ1n) is 18.0. The van der Waals surface area contributed by atoms with Gasteiger partial charge in [-0.2, -0.15) is 0 Å². The number of rotatable bonds is 6. The van der Waals surface area contributed by atoms with Crippen molar-refractivity contribution >= 4 is 135 Å². The molecule has 54 heavy (non-hydrogen) atoms. The molecule has 0 fully saturated rings. The molecule has 0 aliphatic rings. The van der Waals surface area contributed by atoms with Crippen molar-refractivity contribution in [2.24, 2.45) is 14.1 Å². The smallest absolute Gasteiger partial charge is 0.0568 e. The molecule has 0 N–H and O–H groups in total. The van der Waals surface area contributed by atoms with Gasteiger partial charge in [-0.05, 0) is 105 Å².